The Hall–Kier alpha value is -4.18. The fraction of sp³-hybridized carbons (Fsp3) is 0.231. The van der Waals surface area contributed by atoms with E-state index in [1.54, 1.807) is 67.2 Å². The van der Waals surface area contributed by atoms with Crippen LogP contribution in [0.15, 0.2) is 67.4 Å². The van der Waals surface area contributed by atoms with Crippen molar-refractivity contribution in [3.63, 3.8) is 0 Å². The third-order valence-corrected chi connectivity index (χ3v) is 4.33. The molecule has 3 rings (SSSR count). The number of ether oxygens (including phenoxy) is 1. The molecule has 0 aliphatic heterocycles. The summed E-state index contributed by atoms with van der Waals surface area (Å²) in [6.07, 6.45) is 3.34. The van der Waals surface area contributed by atoms with Crippen molar-refractivity contribution in [2.75, 3.05) is 6.61 Å². The molecule has 0 aliphatic rings. The number of carbonyl (C=O) groups excluding carboxylic acids is 1. The summed E-state index contributed by atoms with van der Waals surface area (Å²) in [5.74, 6) is -0.496. The topological polar surface area (TPSA) is 98.2 Å². The van der Waals surface area contributed by atoms with Gasteiger partial charge in [-0.25, -0.2) is 4.79 Å². The van der Waals surface area contributed by atoms with Gasteiger partial charge in [-0.2, -0.15) is 5.26 Å². The Kier molecular flexibility index (Phi) is 10.8. The number of nitriles is 1. The van der Waals surface area contributed by atoms with Gasteiger partial charge in [0.1, 0.15) is 11.8 Å². The van der Waals surface area contributed by atoms with Gasteiger partial charge in [0.25, 0.3) is 5.69 Å². The van der Waals surface area contributed by atoms with Gasteiger partial charge < -0.3 is 9.30 Å². The number of aryl methyl sites for hydroxylation is 1. The van der Waals surface area contributed by atoms with Gasteiger partial charge >= 0.3 is 5.97 Å². The number of benzene rings is 2. The van der Waals surface area contributed by atoms with Gasteiger partial charge in [-0.1, -0.05) is 56.3 Å². The third kappa shape index (κ3) is 6.65. The Balaban J connectivity index is 0.00000101. The average molecular weight is 448 g/mol. The van der Waals surface area contributed by atoms with Crippen LogP contribution in [0.1, 0.15) is 43.7 Å². The van der Waals surface area contributed by atoms with Crippen LogP contribution < -0.4 is 0 Å². The highest BCUT2D eigenvalue weighted by atomic mass is 16.6. The van der Waals surface area contributed by atoms with Crippen LogP contribution in [0.3, 0.4) is 0 Å². The molecule has 0 amide bonds. The van der Waals surface area contributed by atoms with Crippen molar-refractivity contribution < 1.29 is 14.5 Å². The monoisotopic (exact) mass is 447 g/mol. The van der Waals surface area contributed by atoms with Crippen molar-refractivity contribution in [3.05, 3.63) is 88.8 Å². The second-order valence-electron chi connectivity index (χ2n) is 6.50. The van der Waals surface area contributed by atoms with Gasteiger partial charge in [0.2, 0.25) is 0 Å². The fourth-order valence-electron chi connectivity index (χ4n) is 3.08. The minimum atomic E-state index is -0.496. The molecule has 0 atom stereocenters. The molecule has 0 unspecified atom stereocenters. The molecule has 7 heteroatoms. The summed E-state index contributed by atoms with van der Waals surface area (Å²) < 4.78 is 6.71. The normalized spacial score (nSPS) is 9.33. The molecule has 0 spiro atoms. The smallest absolute Gasteiger partial charge is 0.355 e. The lowest BCUT2D eigenvalue weighted by Crippen LogP contribution is -2.10. The number of carbonyl (C=O) groups is 1. The van der Waals surface area contributed by atoms with Crippen LogP contribution in [0.25, 0.3) is 22.3 Å². The first-order chi connectivity index (χ1) is 15.9. The molecular formula is C26H29N3O4. The predicted molar refractivity (Wildman–Crippen MR) is 131 cm³/mol. The van der Waals surface area contributed by atoms with Crippen LogP contribution in [0.4, 0.5) is 5.69 Å². The highest BCUT2D eigenvalue weighted by Crippen LogP contribution is 2.32. The summed E-state index contributed by atoms with van der Waals surface area (Å²) >= 11 is 0. The number of aromatic nitrogens is 1. The number of esters is 1. The number of nitro groups is 1. The molecule has 7 nitrogen and oxygen atoms in total. The molecule has 0 aliphatic carbocycles. The lowest BCUT2D eigenvalue weighted by atomic mass is 9.98. The maximum atomic E-state index is 12.4. The van der Waals surface area contributed by atoms with Gasteiger partial charge in [0, 0.05) is 30.9 Å². The first kappa shape index (κ1) is 26.9. The van der Waals surface area contributed by atoms with Crippen LogP contribution in [-0.4, -0.2) is 22.1 Å². The molecule has 0 radical (unpaired) electrons. The number of hydrogen-bond acceptors (Lipinski definition) is 5. The second kappa shape index (κ2) is 13.3. The van der Waals surface area contributed by atoms with Crippen molar-refractivity contribution in [3.8, 4) is 28.3 Å². The quantitative estimate of drug-likeness (QED) is 0.191. The number of nitro benzene ring substituents is 1. The number of allylic oxidation sites excluding steroid dienone is 1. The highest BCUT2D eigenvalue weighted by Gasteiger charge is 2.22. The first-order valence-electron chi connectivity index (χ1n) is 10.6. The molecule has 1 aromatic heterocycles. The summed E-state index contributed by atoms with van der Waals surface area (Å²) in [5, 5.41) is 20.4. The van der Waals surface area contributed by atoms with Crippen molar-refractivity contribution in [1.29, 1.82) is 5.26 Å². The Bertz CT molecular complexity index is 1140. The number of non-ortho nitro benzene ring substituents is 1. The van der Waals surface area contributed by atoms with Gasteiger partial charge in [-0.05, 0) is 30.5 Å². The van der Waals surface area contributed by atoms with E-state index in [0.717, 1.165) is 5.56 Å². The largest absolute Gasteiger partial charge is 0.461 e. The molecule has 172 valence electrons. The summed E-state index contributed by atoms with van der Waals surface area (Å²) in [4.78, 5) is 22.9. The van der Waals surface area contributed by atoms with E-state index in [1.807, 2.05) is 20.8 Å². The van der Waals surface area contributed by atoms with E-state index >= 15 is 0 Å². The van der Waals surface area contributed by atoms with Crippen molar-refractivity contribution in [1.82, 2.24) is 4.57 Å². The van der Waals surface area contributed by atoms with Gasteiger partial charge in [-0.15, -0.1) is 6.58 Å². The average Bonchev–Trinajstić information content (AvgIpc) is 3.17. The fourth-order valence-corrected chi connectivity index (χ4v) is 3.08. The zero-order chi connectivity index (χ0) is 25.0. The van der Waals surface area contributed by atoms with Gasteiger partial charge in [-0.3, -0.25) is 10.1 Å². The van der Waals surface area contributed by atoms with Crippen LogP contribution >= 0.6 is 0 Å². The highest BCUT2D eigenvalue weighted by molar-refractivity contribution is 5.98. The molecule has 0 saturated carbocycles. The molecule has 2 aromatic carbocycles. The van der Waals surface area contributed by atoms with Crippen LogP contribution in [0.5, 0.6) is 0 Å². The van der Waals surface area contributed by atoms with E-state index < -0.39 is 10.9 Å². The predicted octanol–water partition coefficient (Wildman–Crippen LogP) is 6.53. The number of nitrogens with zero attached hydrogens (tertiary/aromatic N) is 3. The van der Waals surface area contributed by atoms with E-state index in [4.69, 9.17) is 4.74 Å². The molecule has 33 heavy (non-hydrogen) atoms. The molecule has 0 bridgehead atoms. The third-order valence-electron chi connectivity index (χ3n) is 4.33. The Labute approximate surface area is 194 Å². The standard InChI is InChI=1S/C21H17N3O4.C3H6.C2H6/c1-3-28-21(25)20-19(17(12-22)13-23(20)2)15-9-7-14(8-10-15)16-5-4-6-18(11-16)24(26)27;1-3-2;1-2/h4-11,13H,3H2,1-2H3;3H,1H2,2H3;1-2H3. The first-order valence-corrected chi connectivity index (χ1v) is 10.6. The molecule has 0 N–H and O–H groups in total. The molecule has 0 fully saturated rings. The summed E-state index contributed by atoms with van der Waals surface area (Å²) in [5.41, 5.74) is 3.39. The SMILES string of the molecule is C=CC.CC.CCOC(=O)c1c(-c2ccc(-c3cccc([N+](=O)[O-])c3)cc2)c(C#N)cn1C. The maximum Gasteiger partial charge on any atom is 0.355 e. The Morgan fingerprint density at radius 2 is 1.76 bits per heavy atom. The van der Waals surface area contributed by atoms with Crippen LogP contribution in [-0.2, 0) is 11.8 Å². The molecular weight excluding hydrogens is 418 g/mol. The summed E-state index contributed by atoms with van der Waals surface area (Å²) in [6.45, 7) is 11.2. The molecule has 1 heterocycles. The van der Waals surface area contributed by atoms with Gasteiger partial charge in [0.05, 0.1) is 17.1 Å². The number of hydrogen-bond donors (Lipinski definition) is 0. The minimum Gasteiger partial charge on any atom is -0.461 e. The van der Waals surface area contributed by atoms with Crippen LogP contribution in [0.2, 0.25) is 0 Å². The van der Waals surface area contributed by atoms with E-state index in [-0.39, 0.29) is 12.3 Å². The van der Waals surface area contributed by atoms with Crippen molar-refractivity contribution in [2.24, 2.45) is 7.05 Å². The van der Waals surface area contributed by atoms with Crippen LogP contribution in [0, 0.1) is 21.4 Å². The maximum absolute atomic E-state index is 12.4. The Morgan fingerprint density at radius 1 is 1.18 bits per heavy atom. The lowest BCUT2D eigenvalue weighted by molar-refractivity contribution is -0.384. The van der Waals surface area contributed by atoms with E-state index in [1.165, 1.54) is 12.1 Å². The summed E-state index contributed by atoms with van der Waals surface area (Å²) in [7, 11) is 1.69. The summed E-state index contributed by atoms with van der Waals surface area (Å²) in [6, 6.07) is 15.6. The molecule has 3 aromatic rings. The van der Waals surface area contributed by atoms with E-state index in [2.05, 4.69) is 12.6 Å². The zero-order valence-electron chi connectivity index (χ0n) is 19.7. The van der Waals surface area contributed by atoms with E-state index in [0.29, 0.717) is 27.9 Å². The van der Waals surface area contributed by atoms with Gasteiger partial charge in [0.15, 0.2) is 0 Å². The van der Waals surface area contributed by atoms with Crippen molar-refractivity contribution in [2.45, 2.75) is 27.7 Å². The zero-order valence-corrected chi connectivity index (χ0v) is 19.7. The van der Waals surface area contributed by atoms with E-state index in [9.17, 15) is 20.2 Å². The second-order valence-corrected chi connectivity index (χ2v) is 6.50. The minimum absolute atomic E-state index is 0.0148. The molecule has 0 saturated heterocycles. The lowest BCUT2D eigenvalue weighted by Gasteiger charge is -2.09. The Morgan fingerprint density at radius 3 is 2.27 bits per heavy atom. The number of rotatable bonds is 5. The van der Waals surface area contributed by atoms with Crippen molar-refractivity contribution >= 4 is 11.7 Å².